The number of rotatable bonds is 3. The fraction of sp³-hybridized carbons (Fsp3) is 0.636. The van der Waals surface area contributed by atoms with Crippen LogP contribution in [0, 0.1) is 5.41 Å². The summed E-state index contributed by atoms with van der Waals surface area (Å²) in [5.41, 5.74) is 1.37. The van der Waals surface area contributed by atoms with E-state index in [0.717, 1.165) is 70.3 Å². The van der Waals surface area contributed by atoms with Crippen LogP contribution in [0.5, 0.6) is 0 Å². The van der Waals surface area contributed by atoms with Crippen molar-refractivity contribution < 1.29 is 19.8 Å². The summed E-state index contributed by atoms with van der Waals surface area (Å²) in [7, 11) is 1.53. The van der Waals surface area contributed by atoms with Gasteiger partial charge in [0.15, 0.2) is 0 Å². The van der Waals surface area contributed by atoms with Gasteiger partial charge in [0.05, 0.1) is 11.5 Å². The Morgan fingerprint density at radius 3 is 2.45 bits per heavy atom. The normalized spacial score (nSPS) is 30.1. The molecule has 1 atom stereocenters. The second kappa shape index (κ2) is 7.86. The van der Waals surface area contributed by atoms with Crippen LogP contribution in [0.1, 0.15) is 44.9 Å². The van der Waals surface area contributed by atoms with Crippen molar-refractivity contribution in [3.05, 3.63) is 24.3 Å². The smallest absolute Gasteiger partial charge is 0.411 e. The molecular weight excluding hydrogens is 370 g/mol. The van der Waals surface area contributed by atoms with E-state index in [4.69, 9.17) is 5.11 Å². The van der Waals surface area contributed by atoms with Gasteiger partial charge < -0.3 is 20.0 Å². The number of carboxylic acid groups (broad SMARTS) is 1. The van der Waals surface area contributed by atoms with E-state index in [9.17, 15) is 14.7 Å². The van der Waals surface area contributed by atoms with E-state index in [2.05, 4.69) is 9.80 Å². The molecule has 7 nitrogen and oxygen atoms in total. The first-order chi connectivity index (χ1) is 13.9. The van der Waals surface area contributed by atoms with Gasteiger partial charge in [0.2, 0.25) is 5.91 Å². The zero-order valence-electron chi connectivity index (χ0n) is 17.1. The molecule has 3 aliphatic rings. The van der Waals surface area contributed by atoms with Crippen molar-refractivity contribution in [3.8, 4) is 0 Å². The highest BCUT2D eigenvalue weighted by Crippen LogP contribution is 2.43. The van der Waals surface area contributed by atoms with E-state index in [0.29, 0.717) is 11.6 Å². The standard InChI is InChI=1S/C22H31N3O4/c1-23(21(28)29)16-3-5-17(6-4-16)24-13-2-11-22(15-24)12-14-25(20(22)27)18-7-9-19(26)10-8-18/h3-6,18-19,26H,2,7-15H2,1H3,(H,28,29)/t18-,19-,22?. The van der Waals surface area contributed by atoms with Crippen molar-refractivity contribution in [1.82, 2.24) is 4.90 Å². The van der Waals surface area contributed by atoms with E-state index in [1.807, 2.05) is 24.3 Å². The number of piperidine rings is 1. The molecule has 2 heterocycles. The summed E-state index contributed by atoms with van der Waals surface area (Å²) in [4.78, 5) is 30.1. The molecular formula is C22H31N3O4. The van der Waals surface area contributed by atoms with Crippen LogP contribution in [-0.2, 0) is 4.79 Å². The lowest BCUT2D eigenvalue weighted by Crippen LogP contribution is -2.50. The molecule has 1 unspecified atom stereocenters. The number of likely N-dealkylation sites (tertiary alicyclic amines) is 1. The minimum atomic E-state index is -0.985. The Kier molecular flexibility index (Phi) is 5.42. The largest absolute Gasteiger partial charge is 0.465 e. The van der Waals surface area contributed by atoms with Gasteiger partial charge in [0.25, 0.3) is 0 Å². The SMILES string of the molecule is CN(C(=O)O)c1ccc(N2CCCC3(CCN([C@H]4CC[C@H](O)CC4)C3=O)C2)cc1. The number of benzene rings is 1. The van der Waals surface area contributed by atoms with Gasteiger partial charge in [-0.15, -0.1) is 0 Å². The maximum absolute atomic E-state index is 13.4. The predicted octanol–water partition coefficient (Wildman–Crippen LogP) is 2.92. The topological polar surface area (TPSA) is 84.3 Å². The number of nitrogens with zero attached hydrogens (tertiary/aromatic N) is 3. The number of hydrogen-bond donors (Lipinski definition) is 2. The third-order valence-corrected chi connectivity index (χ3v) is 7.12. The molecule has 7 heteroatoms. The Morgan fingerprint density at radius 2 is 1.79 bits per heavy atom. The highest BCUT2D eigenvalue weighted by atomic mass is 16.4. The average molecular weight is 402 g/mol. The Morgan fingerprint density at radius 1 is 1.10 bits per heavy atom. The quantitative estimate of drug-likeness (QED) is 0.814. The van der Waals surface area contributed by atoms with Crippen molar-refractivity contribution in [2.75, 3.05) is 36.5 Å². The van der Waals surface area contributed by atoms with Crippen LogP contribution in [0.3, 0.4) is 0 Å². The maximum Gasteiger partial charge on any atom is 0.411 e. The monoisotopic (exact) mass is 401 g/mol. The number of carbonyl (C=O) groups is 2. The lowest BCUT2D eigenvalue weighted by Gasteiger charge is -2.41. The third kappa shape index (κ3) is 3.80. The van der Waals surface area contributed by atoms with Crippen LogP contribution in [0.2, 0.25) is 0 Å². The molecule has 0 bridgehead atoms. The molecule has 2 N–H and O–H groups in total. The van der Waals surface area contributed by atoms with Gasteiger partial charge in [-0.3, -0.25) is 9.69 Å². The Bertz CT molecular complexity index is 760. The molecule has 2 amide bonds. The molecule has 1 aliphatic carbocycles. The molecule has 0 radical (unpaired) electrons. The molecule has 0 aromatic heterocycles. The van der Waals surface area contributed by atoms with E-state index < -0.39 is 6.09 Å². The first kappa shape index (κ1) is 20.0. The molecule has 29 heavy (non-hydrogen) atoms. The molecule has 1 aromatic carbocycles. The number of anilines is 2. The minimum absolute atomic E-state index is 0.203. The summed E-state index contributed by atoms with van der Waals surface area (Å²) in [6.07, 6.45) is 5.05. The summed E-state index contributed by atoms with van der Waals surface area (Å²) >= 11 is 0. The molecule has 1 saturated carbocycles. The molecule has 1 spiro atoms. The lowest BCUT2D eigenvalue weighted by molar-refractivity contribution is -0.139. The van der Waals surface area contributed by atoms with Crippen LogP contribution in [0.15, 0.2) is 24.3 Å². The van der Waals surface area contributed by atoms with Gasteiger partial charge >= 0.3 is 6.09 Å². The predicted molar refractivity (Wildman–Crippen MR) is 111 cm³/mol. The van der Waals surface area contributed by atoms with Crippen LogP contribution >= 0.6 is 0 Å². The highest BCUT2D eigenvalue weighted by Gasteiger charge is 2.50. The van der Waals surface area contributed by atoms with Gasteiger partial charge in [-0.1, -0.05) is 0 Å². The lowest BCUT2D eigenvalue weighted by atomic mass is 9.78. The third-order valence-electron chi connectivity index (χ3n) is 7.12. The fourth-order valence-corrected chi connectivity index (χ4v) is 5.29. The van der Waals surface area contributed by atoms with Crippen molar-refractivity contribution in [2.45, 2.75) is 57.1 Å². The van der Waals surface area contributed by atoms with Gasteiger partial charge in [0.1, 0.15) is 0 Å². The average Bonchev–Trinajstić information content (AvgIpc) is 3.04. The van der Waals surface area contributed by atoms with Crippen LogP contribution in [0.25, 0.3) is 0 Å². The summed E-state index contributed by atoms with van der Waals surface area (Å²) in [6.45, 7) is 2.47. The maximum atomic E-state index is 13.4. The van der Waals surface area contributed by atoms with E-state index >= 15 is 0 Å². The number of hydrogen-bond acceptors (Lipinski definition) is 4. The highest BCUT2D eigenvalue weighted by molar-refractivity contribution is 5.87. The number of carbonyl (C=O) groups excluding carboxylic acids is 1. The van der Waals surface area contributed by atoms with Crippen LogP contribution in [-0.4, -0.2) is 65.9 Å². The fourth-order valence-electron chi connectivity index (χ4n) is 5.29. The van der Waals surface area contributed by atoms with Crippen molar-refractivity contribution in [3.63, 3.8) is 0 Å². The van der Waals surface area contributed by atoms with Gasteiger partial charge in [0, 0.05) is 44.1 Å². The van der Waals surface area contributed by atoms with E-state index in [1.54, 1.807) is 0 Å². The zero-order chi connectivity index (χ0) is 20.6. The molecule has 2 saturated heterocycles. The summed E-state index contributed by atoms with van der Waals surface area (Å²) in [5, 5.41) is 18.9. The molecule has 4 rings (SSSR count). The molecule has 158 valence electrons. The van der Waals surface area contributed by atoms with Crippen LogP contribution < -0.4 is 9.80 Å². The summed E-state index contributed by atoms with van der Waals surface area (Å²) < 4.78 is 0. The molecule has 3 fully saturated rings. The zero-order valence-corrected chi connectivity index (χ0v) is 17.1. The molecule has 1 aromatic rings. The van der Waals surface area contributed by atoms with Crippen molar-refractivity contribution in [2.24, 2.45) is 5.41 Å². The number of amides is 2. The van der Waals surface area contributed by atoms with Gasteiger partial charge in [-0.25, -0.2) is 4.79 Å². The summed E-state index contributed by atoms with van der Waals surface area (Å²) in [6, 6.07) is 7.83. The second-order valence-corrected chi connectivity index (χ2v) is 8.87. The Balaban J connectivity index is 1.45. The van der Waals surface area contributed by atoms with E-state index in [-0.39, 0.29) is 17.6 Å². The second-order valence-electron chi connectivity index (χ2n) is 8.87. The van der Waals surface area contributed by atoms with Crippen molar-refractivity contribution in [1.29, 1.82) is 0 Å². The van der Waals surface area contributed by atoms with E-state index in [1.165, 1.54) is 11.9 Å². The first-order valence-corrected chi connectivity index (χ1v) is 10.7. The Labute approximate surface area is 171 Å². The number of aliphatic hydroxyl groups excluding tert-OH is 1. The minimum Gasteiger partial charge on any atom is -0.465 e. The number of aliphatic hydroxyl groups is 1. The molecule has 2 aliphatic heterocycles. The summed E-state index contributed by atoms with van der Waals surface area (Å²) in [5.74, 6) is 0.297. The van der Waals surface area contributed by atoms with Crippen LogP contribution in [0.4, 0.5) is 16.2 Å². The van der Waals surface area contributed by atoms with Crippen molar-refractivity contribution >= 4 is 23.4 Å². The Hall–Kier alpha value is -2.28. The first-order valence-electron chi connectivity index (χ1n) is 10.7. The van der Waals surface area contributed by atoms with Gasteiger partial charge in [-0.05, 0) is 69.2 Å². The van der Waals surface area contributed by atoms with Gasteiger partial charge in [-0.2, -0.15) is 0 Å².